The van der Waals surface area contributed by atoms with Gasteiger partial charge in [0.25, 0.3) is 0 Å². The monoisotopic (exact) mass is 206 g/mol. The number of allylic oxidation sites excluding steroid dienone is 1. The Labute approximate surface area is 88.8 Å². The zero-order valence-corrected chi connectivity index (χ0v) is 8.46. The SMILES string of the molecule is N#Cc1ccc(NC/C=C/CCl)cc1. The third kappa shape index (κ3) is 3.51. The van der Waals surface area contributed by atoms with E-state index in [1.54, 1.807) is 12.1 Å². The Hall–Kier alpha value is -1.46. The van der Waals surface area contributed by atoms with Gasteiger partial charge in [0, 0.05) is 18.1 Å². The van der Waals surface area contributed by atoms with Gasteiger partial charge in [0.15, 0.2) is 0 Å². The fourth-order valence-corrected chi connectivity index (χ4v) is 1.11. The van der Waals surface area contributed by atoms with Crippen molar-refractivity contribution >= 4 is 17.3 Å². The smallest absolute Gasteiger partial charge is 0.0991 e. The van der Waals surface area contributed by atoms with Crippen LogP contribution < -0.4 is 5.32 Å². The van der Waals surface area contributed by atoms with Crippen LogP contribution in [0.3, 0.4) is 0 Å². The molecule has 1 aromatic rings. The van der Waals surface area contributed by atoms with E-state index in [2.05, 4.69) is 11.4 Å². The average molecular weight is 207 g/mol. The van der Waals surface area contributed by atoms with Crippen LogP contribution in [-0.4, -0.2) is 12.4 Å². The topological polar surface area (TPSA) is 35.8 Å². The minimum atomic E-state index is 0.537. The van der Waals surface area contributed by atoms with Gasteiger partial charge in [-0.2, -0.15) is 5.26 Å². The number of nitriles is 1. The van der Waals surface area contributed by atoms with Crippen LogP contribution in [0.25, 0.3) is 0 Å². The summed E-state index contributed by atoms with van der Waals surface area (Å²) in [6, 6.07) is 9.41. The second-order valence-electron chi connectivity index (χ2n) is 2.70. The summed E-state index contributed by atoms with van der Waals surface area (Å²) in [6.45, 7) is 0.749. The van der Waals surface area contributed by atoms with Crippen LogP contribution in [0.15, 0.2) is 36.4 Å². The van der Waals surface area contributed by atoms with E-state index in [1.807, 2.05) is 24.3 Å². The Morgan fingerprint density at radius 3 is 2.57 bits per heavy atom. The fourth-order valence-electron chi connectivity index (χ4n) is 0.986. The number of hydrogen-bond donors (Lipinski definition) is 1. The maximum atomic E-state index is 8.58. The quantitative estimate of drug-likeness (QED) is 0.608. The first-order valence-corrected chi connectivity index (χ1v) is 4.85. The molecule has 0 aliphatic carbocycles. The van der Waals surface area contributed by atoms with Gasteiger partial charge >= 0.3 is 0 Å². The molecule has 0 saturated carbocycles. The molecule has 0 aliphatic heterocycles. The number of halogens is 1. The largest absolute Gasteiger partial charge is 0.382 e. The molecule has 0 spiro atoms. The summed E-state index contributed by atoms with van der Waals surface area (Å²) < 4.78 is 0. The van der Waals surface area contributed by atoms with Crippen molar-refractivity contribution in [3.05, 3.63) is 42.0 Å². The first kappa shape index (κ1) is 10.6. The van der Waals surface area contributed by atoms with Gasteiger partial charge in [0.2, 0.25) is 0 Å². The Balaban J connectivity index is 2.45. The molecular formula is C11H11ClN2. The Kier molecular flexibility index (Phi) is 4.60. The Morgan fingerprint density at radius 1 is 1.29 bits per heavy atom. The van der Waals surface area contributed by atoms with Crippen molar-refractivity contribution in [2.24, 2.45) is 0 Å². The van der Waals surface area contributed by atoms with Crippen LogP contribution in [0, 0.1) is 11.3 Å². The van der Waals surface area contributed by atoms with E-state index in [-0.39, 0.29) is 0 Å². The normalized spacial score (nSPS) is 10.0. The zero-order chi connectivity index (χ0) is 10.2. The summed E-state index contributed by atoms with van der Waals surface area (Å²) in [5.74, 6) is 0.537. The molecule has 0 radical (unpaired) electrons. The summed E-state index contributed by atoms with van der Waals surface area (Å²) in [4.78, 5) is 0. The molecule has 0 atom stereocenters. The first-order valence-electron chi connectivity index (χ1n) is 4.32. The fraction of sp³-hybridized carbons (Fsp3) is 0.182. The van der Waals surface area contributed by atoms with Gasteiger partial charge in [-0.15, -0.1) is 11.6 Å². The number of anilines is 1. The lowest BCUT2D eigenvalue weighted by Gasteiger charge is -2.01. The number of benzene rings is 1. The van der Waals surface area contributed by atoms with Crippen LogP contribution in [0.1, 0.15) is 5.56 Å². The van der Waals surface area contributed by atoms with E-state index in [1.165, 1.54) is 0 Å². The number of hydrogen-bond acceptors (Lipinski definition) is 2. The molecule has 0 amide bonds. The van der Waals surface area contributed by atoms with Gasteiger partial charge in [0.1, 0.15) is 0 Å². The lowest BCUT2D eigenvalue weighted by molar-refractivity contribution is 1.32. The van der Waals surface area contributed by atoms with E-state index >= 15 is 0 Å². The van der Waals surface area contributed by atoms with Gasteiger partial charge < -0.3 is 5.32 Å². The lowest BCUT2D eigenvalue weighted by Crippen LogP contribution is -1.97. The number of nitrogens with one attached hydrogen (secondary N) is 1. The van der Waals surface area contributed by atoms with Crippen molar-refractivity contribution in [2.45, 2.75) is 0 Å². The van der Waals surface area contributed by atoms with E-state index in [0.717, 1.165) is 12.2 Å². The van der Waals surface area contributed by atoms with Crippen molar-refractivity contribution in [1.82, 2.24) is 0 Å². The maximum Gasteiger partial charge on any atom is 0.0991 e. The molecule has 0 aliphatic rings. The van der Waals surface area contributed by atoms with Crippen LogP contribution in [-0.2, 0) is 0 Å². The minimum absolute atomic E-state index is 0.537. The van der Waals surface area contributed by atoms with Gasteiger partial charge in [-0.3, -0.25) is 0 Å². The molecule has 0 bridgehead atoms. The second-order valence-corrected chi connectivity index (χ2v) is 3.00. The van der Waals surface area contributed by atoms with Crippen LogP contribution in [0.4, 0.5) is 5.69 Å². The third-order valence-corrected chi connectivity index (χ3v) is 1.87. The summed E-state index contributed by atoms with van der Waals surface area (Å²) in [6.07, 6.45) is 3.85. The first-order chi connectivity index (χ1) is 6.86. The average Bonchev–Trinajstić information content (AvgIpc) is 2.25. The van der Waals surface area contributed by atoms with Gasteiger partial charge in [-0.05, 0) is 24.3 Å². The summed E-state index contributed by atoms with van der Waals surface area (Å²) in [5.41, 5.74) is 1.68. The van der Waals surface area contributed by atoms with Crippen LogP contribution in [0.2, 0.25) is 0 Å². The van der Waals surface area contributed by atoms with E-state index < -0.39 is 0 Å². The molecular weight excluding hydrogens is 196 g/mol. The lowest BCUT2D eigenvalue weighted by atomic mass is 10.2. The molecule has 14 heavy (non-hydrogen) atoms. The summed E-state index contributed by atoms with van der Waals surface area (Å²) >= 11 is 5.47. The Morgan fingerprint density at radius 2 is 2.00 bits per heavy atom. The molecule has 0 aromatic heterocycles. The highest BCUT2D eigenvalue weighted by Crippen LogP contribution is 2.07. The second kappa shape index (κ2) is 6.06. The molecule has 1 rings (SSSR count). The third-order valence-electron chi connectivity index (χ3n) is 1.69. The van der Waals surface area contributed by atoms with Gasteiger partial charge in [-0.1, -0.05) is 12.2 Å². The molecule has 2 nitrogen and oxygen atoms in total. The molecule has 1 N–H and O–H groups in total. The number of nitrogens with zero attached hydrogens (tertiary/aromatic N) is 1. The van der Waals surface area contributed by atoms with Crippen molar-refractivity contribution in [3.8, 4) is 6.07 Å². The predicted octanol–water partition coefficient (Wildman–Crippen LogP) is 2.77. The maximum absolute atomic E-state index is 8.58. The molecule has 0 unspecified atom stereocenters. The van der Waals surface area contributed by atoms with Crippen molar-refractivity contribution < 1.29 is 0 Å². The molecule has 3 heteroatoms. The van der Waals surface area contributed by atoms with E-state index in [4.69, 9.17) is 16.9 Å². The molecule has 72 valence electrons. The Bertz CT molecular complexity index is 335. The summed E-state index contributed by atoms with van der Waals surface area (Å²) in [7, 11) is 0. The van der Waals surface area contributed by atoms with Crippen molar-refractivity contribution in [3.63, 3.8) is 0 Å². The van der Waals surface area contributed by atoms with E-state index in [9.17, 15) is 0 Å². The standard InChI is InChI=1S/C11H11ClN2/c12-7-1-2-8-14-11-5-3-10(9-13)4-6-11/h1-6,14H,7-8H2/b2-1+. The highest BCUT2D eigenvalue weighted by molar-refractivity contribution is 6.18. The number of alkyl halides is 1. The molecule has 0 fully saturated rings. The predicted molar refractivity (Wildman–Crippen MR) is 59.5 cm³/mol. The minimum Gasteiger partial charge on any atom is -0.382 e. The number of rotatable bonds is 4. The van der Waals surface area contributed by atoms with Gasteiger partial charge in [-0.25, -0.2) is 0 Å². The van der Waals surface area contributed by atoms with Crippen LogP contribution >= 0.6 is 11.6 Å². The van der Waals surface area contributed by atoms with Crippen molar-refractivity contribution in [1.29, 1.82) is 5.26 Å². The molecule has 1 aromatic carbocycles. The highest BCUT2D eigenvalue weighted by Gasteiger charge is 1.90. The molecule has 0 saturated heterocycles. The highest BCUT2D eigenvalue weighted by atomic mass is 35.5. The molecule has 0 heterocycles. The zero-order valence-electron chi connectivity index (χ0n) is 7.70. The van der Waals surface area contributed by atoms with Crippen LogP contribution in [0.5, 0.6) is 0 Å². The van der Waals surface area contributed by atoms with Gasteiger partial charge in [0.05, 0.1) is 11.6 Å². The van der Waals surface area contributed by atoms with E-state index in [0.29, 0.717) is 11.4 Å². The summed E-state index contributed by atoms with van der Waals surface area (Å²) in [5, 5.41) is 11.8. The van der Waals surface area contributed by atoms with Crippen molar-refractivity contribution in [2.75, 3.05) is 17.7 Å².